The monoisotopic (exact) mass is 556 g/mol. The van der Waals surface area contributed by atoms with Gasteiger partial charge in [0.15, 0.2) is 12.4 Å². The molecule has 0 radical (unpaired) electrons. The van der Waals surface area contributed by atoms with Gasteiger partial charge in [0.05, 0.1) is 20.1 Å². The Morgan fingerprint density at radius 1 is 1.06 bits per heavy atom. The number of ether oxygens (including phenoxy) is 1. The van der Waals surface area contributed by atoms with E-state index in [9.17, 15) is 13.2 Å². The molecule has 0 aliphatic rings. The van der Waals surface area contributed by atoms with Crippen LogP contribution in [0.4, 0.5) is 11.4 Å². The Kier molecular flexibility index (Phi) is 8.05. The van der Waals surface area contributed by atoms with Gasteiger partial charge in [0.25, 0.3) is 15.9 Å². The summed E-state index contributed by atoms with van der Waals surface area (Å²) >= 11 is 15.3. The Morgan fingerprint density at radius 3 is 2.31 bits per heavy atom. The van der Waals surface area contributed by atoms with Gasteiger partial charge in [-0.25, -0.2) is 8.42 Å². The third-order valence-electron chi connectivity index (χ3n) is 4.37. The predicted molar refractivity (Wildman–Crippen MR) is 131 cm³/mol. The number of rotatable bonds is 8. The van der Waals surface area contributed by atoms with Gasteiger partial charge in [0.1, 0.15) is 0 Å². The van der Waals surface area contributed by atoms with Gasteiger partial charge in [-0.2, -0.15) is 0 Å². The number of nitrogens with zero attached hydrogens (tertiary/aromatic N) is 1. The van der Waals surface area contributed by atoms with Gasteiger partial charge in [-0.05, 0) is 71.4 Å². The maximum atomic E-state index is 13.0. The van der Waals surface area contributed by atoms with Crippen LogP contribution in [0.1, 0.15) is 6.92 Å². The van der Waals surface area contributed by atoms with E-state index in [1.54, 1.807) is 37.3 Å². The fourth-order valence-electron chi connectivity index (χ4n) is 2.92. The zero-order valence-electron chi connectivity index (χ0n) is 16.9. The summed E-state index contributed by atoms with van der Waals surface area (Å²) in [6.07, 6.45) is 0. The Bertz CT molecular complexity index is 1180. The second-order valence-electron chi connectivity index (χ2n) is 6.57. The largest absolute Gasteiger partial charge is 0.481 e. The van der Waals surface area contributed by atoms with Crippen molar-refractivity contribution in [2.45, 2.75) is 11.8 Å². The third kappa shape index (κ3) is 5.75. The average molecular weight is 558 g/mol. The maximum absolute atomic E-state index is 13.0. The molecule has 0 unspecified atom stereocenters. The van der Waals surface area contributed by atoms with Gasteiger partial charge in [0, 0.05) is 17.3 Å². The molecule has 10 heteroatoms. The molecule has 0 heterocycles. The summed E-state index contributed by atoms with van der Waals surface area (Å²) in [7, 11) is -3.74. The van der Waals surface area contributed by atoms with Crippen molar-refractivity contribution >= 4 is 66.4 Å². The van der Waals surface area contributed by atoms with Gasteiger partial charge < -0.3 is 10.1 Å². The molecule has 32 heavy (non-hydrogen) atoms. The van der Waals surface area contributed by atoms with E-state index in [1.165, 1.54) is 34.6 Å². The van der Waals surface area contributed by atoms with Crippen LogP contribution >= 0.6 is 39.1 Å². The quantitative estimate of drug-likeness (QED) is 0.369. The molecule has 3 aromatic rings. The summed E-state index contributed by atoms with van der Waals surface area (Å²) in [6, 6.07) is 17.9. The van der Waals surface area contributed by atoms with Gasteiger partial charge in [-0.1, -0.05) is 41.4 Å². The highest BCUT2D eigenvalue weighted by atomic mass is 79.9. The van der Waals surface area contributed by atoms with Crippen molar-refractivity contribution < 1.29 is 17.9 Å². The molecule has 3 aromatic carbocycles. The van der Waals surface area contributed by atoms with Crippen LogP contribution in [-0.2, 0) is 14.8 Å². The van der Waals surface area contributed by atoms with Crippen molar-refractivity contribution in [3.05, 3.63) is 81.2 Å². The lowest BCUT2D eigenvalue weighted by atomic mass is 10.3. The summed E-state index contributed by atoms with van der Waals surface area (Å²) in [5.41, 5.74) is 1.01. The van der Waals surface area contributed by atoms with Crippen LogP contribution in [0.2, 0.25) is 10.0 Å². The summed E-state index contributed by atoms with van der Waals surface area (Å²) in [5.74, 6) is -0.133. The van der Waals surface area contributed by atoms with E-state index >= 15 is 0 Å². The van der Waals surface area contributed by atoms with E-state index < -0.39 is 15.9 Å². The normalized spacial score (nSPS) is 11.1. The molecule has 0 aliphatic heterocycles. The first kappa shape index (κ1) is 24.4. The molecule has 0 saturated carbocycles. The number of hydrogen-bond donors (Lipinski definition) is 1. The molecule has 1 amide bonds. The lowest BCUT2D eigenvalue weighted by Crippen LogP contribution is -2.30. The molecule has 0 atom stereocenters. The zero-order chi connectivity index (χ0) is 23.3. The minimum Gasteiger partial charge on any atom is -0.481 e. The highest BCUT2D eigenvalue weighted by Crippen LogP contribution is 2.36. The lowest BCUT2D eigenvalue weighted by molar-refractivity contribution is -0.118. The number of carbonyl (C=O) groups is 1. The SMILES string of the molecule is CCN(c1ccccc1)S(=O)(=O)c1ccc(NC(=O)COc2c(Cl)cc(Cl)cc2Br)cc1. The molecule has 3 rings (SSSR count). The molecule has 0 bridgehead atoms. The predicted octanol–water partition coefficient (Wildman–Crippen LogP) is 5.99. The Labute approximate surface area is 205 Å². The van der Waals surface area contributed by atoms with Crippen molar-refractivity contribution in [2.24, 2.45) is 0 Å². The molecule has 0 aliphatic carbocycles. The summed E-state index contributed by atoms with van der Waals surface area (Å²) < 4.78 is 33.4. The minimum absolute atomic E-state index is 0.120. The van der Waals surface area contributed by atoms with E-state index in [2.05, 4.69) is 21.2 Å². The van der Waals surface area contributed by atoms with Crippen LogP contribution in [-0.4, -0.2) is 27.5 Å². The van der Waals surface area contributed by atoms with Gasteiger partial charge in [0.2, 0.25) is 0 Å². The molecule has 6 nitrogen and oxygen atoms in total. The van der Waals surface area contributed by atoms with Gasteiger partial charge >= 0.3 is 0 Å². The van der Waals surface area contributed by atoms with E-state index in [0.29, 0.717) is 26.6 Å². The number of amides is 1. The number of nitrogens with one attached hydrogen (secondary N) is 1. The van der Waals surface area contributed by atoms with E-state index in [4.69, 9.17) is 27.9 Å². The van der Waals surface area contributed by atoms with Crippen molar-refractivity contribution in [2.75, 3.05) is 22.8 Å². The topological polar surface area (TPSA) is 75.7 Å². The summed E-state index contributed by atoms with van der Waals surface area (Å²) in [6.45, 7) is 1.76. The van der Waals surface area contributed by atoms with Crippen LogP contribution < -0.4 is 14.4 Å². The third-order valence-corrected chi connectivity index (χ3v) is 7.37. The number of hydrogen-bond acceptors (Lipinski definition) is 4. The van der Waals surface area contributed by atoms with Crippen LogP contribution in [0, 0.1) is 0 Å². The van der Waals surface area contributed by atoms with Crippen LogP contribution in [0.3, 0.4) is 0 Å². The first-order chi connectivity index (χ1) is 15.2. The zero-order valence-corrected chi connectivity index (χ0v) is 20.8. The number of sulfonamides is 1. The fourth-order valence-corrected chi connectivity index (χ4v) is 5.77. The molecule has 0 aromatic heterocycles. The lowest BCUT2D eigenvalue weighted by Gasteiger charge is -2.23. The number of para-hydroxylation sites is 1. The summed E-state index contributed by atoms with van der Waals surface area (Å²) in [5, 5.41) is 3.36. The number of halogens is 3. The Balaban J connectivity index is 1.67. The number of benzene rings is 3. The smallest absolute Gasteiger partial charge is 0.264 e. The van der Waals surface area contributed by atoms with Gasteiger partial charge in [-0.3, -0.25) is 9.10 Å². The molecule has 0 saturated heterocycles. The molecular formula is C22H19BrCl2N2O4S. The van der Waals surface area contributed by atoms with Crippen molar-refractivity contribution in [3.63, 3.8) is 0 Å². The Morgan fingerprint density at radius 2 is 1.72 bits per heavy atom. The fraction of sp³-hybridized carbons (Fsp3) is 0.136. The maximum Gasteiger partial charge on any atom is 0.264 e. The van der Waals surface area contributed by atoms with Crippen molar-refractivity contribution in [3.8, 4) is 5.75 Å². The second-order valence-corrected chi connectivity index (χ2v) is 10.1. The van der Waals surface area contributed by atoms with Crippen LogP contribution in [0.15, 0.2) is 76.1 Å². The van der Waals surface area contributed by atoms with Crippen molar-refractivity contribution in [1.82, 2.24) is 0 Å². The number of carbonyl (C=O) groups excluding carboxylic acids is 1. The second kappa shape index (κ2) is 10.6. The van der Waals surface area contributed by atoms with Crippen LogP contribution in [0.5, 0.6) is 5.75 Å². The van der Waals surface area contributed by atoms with E-state index in [-0.39, 0.29) is 23.1 Å². The van der Waals surface area contributed by atoms with Crippen molar-refractivity contribution in [1.29, 1.82) is 0 Å². The van der Waals surface area contributed by atoms with Crippen LogP contribution in [0.25, 0.3) is 0 Å². The number of anilines is 2. The highest BCUT2D eigenvalue weighted by molar-refractivity contribution is 9.10. The molecule has 0 spiro atoms. The van der Waals surface area contributed by atoms with E-state index in [0.717, 1.165) is 0 Å². The summed E-state index contributed by atoms with van der Waals surface area (Å²) in [4.78, 5) is 12.4. The highest BCUT2D eigenvalue weighted by Gasteiger charge is 2.23. The van der Waals surface area contributed by atoms with Gasteiger partial charge in [-0.15, -0.1) is 0 Å². The first-order valence-corrected chi connectivity index (χ1v) is 12.5. The molecule has 0 fully saturated rings. The Hall–Kier alpha value is -2.26. The molecule has 1 N–H and O–H groups in total. The minimum atomic E-state index is -3.74. The molecular weight excluding hydrogens is 539 g/mol. The molecule has 168 valence electrons. The first-order valence-electron chi connectivity index (χ1n) is 9.47. The average Bonchev–Trinajstić information content (AvgIpc) is 2.74. The van der Waals surface area contributed by atoms with E-state index in [1.807, 2.05) is 6.07 Å². The standard InChI is InChI=1S/C22H19BrCl2N2O4S/c1-2-27(17-6-4-3-5-7-17)32(29,30)18-10-8-16(9-11-18)26-21(28)14-31-22-19(23)12-15(24)13-20(22)25/h3-13H,2,14H2,1H3,(H,26,28).